The Balaban J connectivity index is 1.36. The average molecular weight is 472 g/mol. The molecular weight excluding hydrogens is 434 g/mol. The first-order valence-corrected chi connectivity index (χ1v) is 12.4. The number of nitrogens with zero attached hydrogens (tertiary/aromatic N) is 4. The van der Waals surface area contributed by atoms with Crippen molar-refractivity contribution < 1.29 is 0 Å². The Kier molecular flexibility index (Phi) is 7.98. The predicted molar refractivity (Wildman–Crippen MR) is 145 cm³/mol. The van der Waals surface area contributed by atoms with Gasteiger partial charge in [0.2, 0.25) is 0 Å². The fraction of sp³-hybridized carbons (Fsp3) is 0.393. The minimum absolute atomic E-state index is 0.570. The summed E-state index contributed by atoms with van der Waals surface area (Å²) in [5, 5.41) is 14.0. The van der Waals surface area contributed by atoms with Gasteiger partial charge >= 0.3 is 0 Å². The van der Waals surface area contributed by atoms with Gasteiger partial charge in [0, 0.05) is 29.3 Å². The molecule has 0 aliphatic carbocycles. The van der Waals surface area contributed by atoms with Crippen molar-refractivity contribution in [3.63, 3.8) is 0 Å². The van der Waals surface area contributed by atoms with Crippen molar-refractivity contribution in [2.75, 3.05) is 30.8 Å². The molecule has 0 unspecified atom stereocenters. The Morgan fingerprint density at radius 2 is 1.89 bits per heavy atom. The topological polar surface area (TPSA) is 81.8 Å². The first-order chi connectivity index (χ1) is 16.9. The summed E-state index contributed by atoms with van der Waals surface area (Å²) in [6, 6.07) is 6.31. The number of aromatic amines is 1. The molecule has 0 radical (unpaired) electrons. The van der Waals surface area contributed by atoms with Crippen LogP contribution in [0.15, 0.2) is 56.1 Å². The summed E-state index contributed by atoms with van der Waals surface area (Å²) in [5.74, 6) is 1.29. The molecule has 3 aromatic heterocycles. The number of anilines is 2. The van der Waals surface area contributed by atoms with Crippen LogP contribution in [0.4, 0.5) is 11.4 Å². The smallest absolute Gasteiger partial charge is 0.104 e. The van der Waals surface area contributed by atoms with Gasteiger partial charge in [0.15, 0.2) is 0 Å². The van der Waals surface area contributed by atoms with E-state index in [0.29, 0.717) is 11.6 Å². The van der Waals surface area contributed by atoms with Gasteiger partial charge in [0.1, 0.15) is 5.69 Å². The third kappa shape index (κ3) is 6.79. The largest absolute Gasteiger partial charge is 0.353 e. The van der Waals surface area contributed by atoms with E-state index in [1.807, 2.05) is 18.6 Å². The summed E-state index contributed by atoms with van der Waals surface area (Å²) >= 11 is 0. The molecule has 0 aromatic carbocycles. The van der Waals surface area contributed by atoms with E-state index in [2.05, 4.69) is 88.0 Å². The van der Waals surface area contributed by atoms with E-state index >= 15 is 0 Å². The van der Waals surface area contributed by atoms with E-state index in [-0.39, 0.29) is 0 Å². The van der Waals surface area contributed by atoms with Crippen molar-refractivity contribution in [1.82, 2.24) is 25.1 Å². The molecule has 7 nitrogen and oxygen atoms in total. The molecule has 0 amide bonds. The highest BCUT2D eigenvalue weighted by Crippen LogP contribution is 2.26. The van der Waals surface area contributed by atoms with E-state index in [0.717, 1.165) is 52.8 Å². The van der Waals surface area contributed by atoms with Gasteiger partial charge in [-0.05, 0) is 81.4 Å². The zero-order valence-electron chi connectivity index (χ0n) is 21.1. The molecule has 4 rings (SSSR count). The number of rotatable bonds is 10. The van der Waals surface area contributed by atoms with Gasteiger partial charge < -0.3 is 15.5 Å². The molecule has 4 heterocycles. The first-order valence-electron chi connectivity index (χ1n) is 12.4. The molecule has 0 bridgehead atoms. The number of pyridine rings is 2. The number of hydrogen-bond acceptors (Lipinski definition) is 6. The monoisotopic (exact) mass is 471 g/mol. The number of aromatic nitrogens is 4. The summed E-state index contributed by atoms with van der Waals surface area (Å²) in [4.78, 5) is 11.5. The van der Waals surface area contributed by atoms with Crippen LogP contribution in [0.5, 0.6) is 0 Å². The highest BCUT2D eigenvalue weighted by atomic mass is 15.2. The minimum Gasteiger partial charge on any atom is -0.353 e. The van der Waals surface area contributed by atoms with Crippen LogP contribution in [0.3, 0.4) is 0 Å². The van der Waals surface area contributed by atoms with Crippen molar-refractivity contribution in [3.05, 3.63) is 78.7 Å². The lowest BCUT2D eigenvalue weighted by Gasteiger charge is -2.28. The second-order valence-electron chi connectivity index (χ2n) is 10.0. The van der Waals surface area contributed by atoms with Crippen molar-refractivity contribution in [1.29, 1.82) is 0 Å². The molecule has 0 spiro atoms. The van der Waals surface area contributed by atoms with Crippen LogP contribution in [-0.4, -0.2) is 45.2 Å². The van der Waals surface area contributed by atoms with Gasteiger partial charge in [-0.2, -0.15) is 5.10 Å². The zero-order valence-corrected chi connectivity index (χ0v) is 21.1. The number of nitrogens with one attached hydrogen (secondary N) is 3. The quantitative estimate of drug-likeness (QED) is 0.365. The van der Waals surface area contributed by atoms with Gasteiger partial charge in [0.25, 0.3) is 0 Å². The Morgan fingerprint density at radius 1 is 1.09 bits per heavy atom. The lowest BCUT2D eigenvalue weighted by Crippen LogP contribution is -2.31. The Morgan fingerprint density at radius 3 is 2.60 bits per heavy atom. The number of H-pyrrole nitrogens is 1. The minimum atomic E-state index is 0.570. The average Bonchev–Trinajstić information content (AvgIpc) is 3.30. The van der Waals surface area contributed by atoms with Gasteiger partial charge in [-0.3, -0.25) is 15.1 Å². The van der Waals surface area contributed by atoms with Crippen molar-refractivity contribution in [2.45, 2.75) is 39.5 Å². The molecule has 0 saturated carbocycles. The van der Waals surface area contributed by atoms with E-state index in [1.165, 1.54) is 31.5 Å². The zero-order chi connectivity index (χ0) is 24.8. The maximum atomic E-state index is 4.69. The van der Waals surface area contributed by atoms with Crippen LogP contribution in [0.1, 0.15) is 49.2 Å². The molecule has 0 atom stereocenters. The maximum Gasteiger partial charge on any atom is 0.104 e. The van der Waals surface area contributed by atoms with Crippen LogP contribution in [0.25, 0.3) is 11.4 Å². The molecule has 3 N–H and O–H groups in total. The molecule has 1 aliphatic heterocycles. The SMILES string of the molecule is C=C(Nc1cn[nH]c1C(=C)Nc1ccc(CC2CCN(C)CC2)nc1)c1cncc(CC(C)C)c1. The van der Waals surface area contributed by atoms with Crippen LogP contribution < -0.4 is 10.6 Å². The fourth-order valence-electron chi connectivity index (χ4n) is 4.50. The Bertz CT molecular complexity index is 1140. The van der Waals surface area contributed by atoms with Crippen LogP contribution in [-0.2, 0) is 12.8 Å². The highest BCUT2D eigenvalue weighted by molar-refractivity contribution is 5.84. The predicted octanol–water partition coefficient (Wildman–Crippen LogP) is 5.45. The second kappa shape index (κ2) is 11.3. The summed E-state index contributed by atoms with van der Waals surface area (Å²) in [5.41, 5.74) is 7.23. The van der Waals surface area contributed by atoms with Gasteiger partial charge in [0.05, 0.1) is 29.5 Å². The van der Waals surface area contributed by atoms with E-state index in [4.69, 9.17) is 0 Å². The molecule has 35 heavy (non-hydrogen) atoms. The van der Waals surface area contributed by atoms with Crippen LogP contribution in [0.2, 0.25) is 0 Å². The normalized spacial score (nSPS) is 14.7. The third-order valence-corrected chi connectivity index (χ3v) is 6.47. The lowest BCUT2D eigenvalue weighted by atomic mass is 9.92. The number of piperidine rings is 1. The van der Waals surface area contributed by atoms with Crippen LogP contribution in [0, 0.1) is 11.8 Å². The summed E-state index contributed by atoms with van der Waals surface area (Å²) < 4.78 is 0. The Labute approximate surface area is 208 Å². The Hall–Kier alpha value is -3.45. The molecule has 3 aromatic rings. The van der Waals surface area contributed by atoms with E-state index in [1.54, 1.807) is 6.20 Å². The van der Waals surface area contributed by atoms with Crippen molar-refractivity contribution in [2.24, 2.45) is 11.8 Å². The van der Waals surface area contributed by atoms with Crippen LogP contribution >= 0.6 is 0 Å². The van der Waals surface area contributed by atoms with Crippen molar-refractivity contribution >= 4 is 22.8 Å². The standard InChI is InChI=1S/C28H37N7/c1-19(2)12-23-13-24(16-29-15-23)20(3)33-27-18-31-34-28(27)21(4)32-26-7-6-25(30-17-26)14-22-8-10-35(5)11-9-22/h6-7,13,15-19,22,32-33H,3-4,8-12,14H2,1-2,5H3,(H,31,34). The lowest BCUT2D eigenvalue weighted by molar-refractivity contribution is 0.218. The fourth-order valence-corrected chi connectivity index (χ4v) is 4.50. The van der Waals surface area contributed by atoms with Gasteiger partial charge in [-0.25, -0.2) is 0 Å². The number of likely N-dealkylation sites (tertiary alicyclic amines) is 1. The summed E-state index contributed by atoms with van der Waals surface area (Å²) in [7, 11) is 2.20. The molecule has 1 aliphatic rings. The third-order valence-electron chi connectivity index (χ3n) is 6.47. The summed E-state index contributed by atoms with van der Waals surface area (Å²) in [6.45, 7) is 15.2. The molecule has 1 fully saturated rings. The van der Waals surface area contributed by atoms with Gasteiger partial charge in [-0.15, -0.1) is 0 Å². The number of hydrogen-bond donors (Lipinski definition) is 3. The highest BCUT2D eigenvalue weighted by Gasteiger charge is 2.17. The molecule has 1 saturated heterocycles. The van der Waals surface area contributed by atoms with Crippen molar-refractivity contribution in [3.8, 4) is 0 Å². The maximum absolute atomic E-state index is 4.69. The van der Waals surface area contributed by atoms with Gasteiger partial charge in [-0.1, -0.05) is 27.0 Å². The second-order valence-corrected chi connectivity index (χ2v) is 10.0. The molecule has 184 valence electrons. The van der Waals surface area contributed by atoms with E-state index < -0.39 is 0 Å². The molecule has 7 heteroatoms. The summed E-state index contributed by atoms with van der Waals surface area (Å²) in [6.07, 6.45) is 11.9. The molecular formula is C28H37N7. The van der Waals surface area contributed by atoms with E-state index in [9.17, 15) is 0 Å². The first kappa shape index (κ1) is 24.7.